The number of unbranched alkanes of at least 4 members (excludes halogenated alkanes) is 9. The third kappa shape index (κ3) is 12.5. The highest BCUT2D eigenvalue weighted by atomic mass is 16.4. The van der Waals surface area contributed by atoms with Crippen LogP contribution in [0.15, 0.2) is 0 Å². The third-order valence-electron chi connectivity index (χ3n) is 4.85. The second-order valence-corrected chi connectivity index (χ2v) is 7.25. The van der Waals surface area contributed by atoms with Crippen molar-refractivity contribution in [3.63, 3.8) is 0 Å². The summed E-state index contributed by atoms with van der Waals surface area (Å²) in [4.78, 5) is 11.2. The zero-order valence-corrected chi connectivity index (χ0v) is 16.1. The molecule has 3 heteroatoms. The van der Waals surface area contributed by atoms with Crippen molar-refractivity contribution in [1.82, 2.24) is 0 Å². The van der Waals surface area contributed by atoms with Crippen molar-refractivity contribution in [2.24, 2.45) is 0 Å². The van der Waals surface area contributed by atoms with E-state index in [1.54, 1.807) is 0 Å². The molecule has 0 aromatic carbocycles. The molecule has 0 unspecified atom stereocenters. The topological polar surface area (TPSA) is 37.3 Å². The molecule has 1 N–H and O–H groups in total. The summed E-state index contributed by atoms with van der Waals surface area (Å²) < 4.78 is 0.791. The fraction of sp³-hybridized carbons (Fsp3) is 0.950. The SMILES string of the molecule is CCCCCCCCCCCC[N+](CCC)(CCC)CC(=O)O. The van der Waals surface area contributed by atoms with Gasteiger partial charge in [-0.3, -0.25) is 0 Å². The lowest BCUT2D eigenvalue weighted by Gasteiger charge is -2.37. The van der Waals surface area contributed by atoms with Gasteiger partial charge < -0.3 is 9.59 Å². The van der Waals surface area contributed by atoms with Crippen LogP contribution in [-0.2, 0) is 4.79 Å². The van der Waals surface area contributed by atoms with Crippen molar-refractivity contribution < 1.29 is 14.4 Å². The molecule has 138 valence electrons. The minimum Gasteiger partial charge on any atom is -0.477 e. The Morgan fingerprint density at radius 1 is 0.652 bits per heavy atom. The molecule has 0 aromatic heterocycles. The predicted molar refractivity (Wildman–Crippen MR) is 99.8 cm³/mol. The lowest BCUT2D eigenvalue weighted by molar-refractivity contribution is -0.921. The van der Waals surface area contributed by atoms with Crippen LogP contribution in [-0.4, -0.2) is 41.7 Å². The summed E-state index contributed by atoms with van der Waals surface area (Å²) in [5, 5.41) is 9.25. The second kappa shape index (κ2) is 15.0. The maximum Gasteiger partial charge on any atom is 0.359 e. The molecule has 0 aromatic rings. The maximum absolute atomic E-state index is 11.2. The van der Waals surface area contributed by atoms with Gasteiger partial charge in [-0.1, -0.05) is 72.1 Å². The van der Waals surface area contributed by atoms with E-state index in [1.807, 2.05) is 0 Å². The third-order valence-corrected chi connectivity index (χ3v) is 4.85. The fourth-order valence-electron chi connectivity index (χ4n) is 3.74. The molecule has 0 radical (unpaired) electrons. The molecule has 0 spiro atoms. The van der Waals surface area contributed by atoms with Gasteiger partial charge in [-0.05, 0) is 25.7 Å². The van der Waals surface area contributed by atoms with E-state index in [0.29, 0.717) is 6.54 Å². The summed E-state index contributed by atoms with van der Waals surface area (Å²) in [6, 6.07) is 0. The first kappa shape index (κ1) is 22.4. The molecule has 0 rings (SSSR count). The molecular formula is C20H42NO2+. The zero-order valence-electron chi connectivity index (χ0n) is 16.1. The molecule has 0 heterocycles. The van der Waals surface area contributed by atoms with Crippen molar-refractivity contribution in [2.75, 3.05) is 26.2 Å². The molecule has 23 heavy (non-hydrogen) atoms. The molecule has 0 saturated heterocycles. The van der Waals surface area contributed by atoms with Crippen LogP contribution in [0.2, 0.25) is 0 Å². The Kier molecular flexibility index (Phi) is 14.6. The first-order valence-electron chi connectivity index (χ1n) is 10.2. The van der Waals surface area contributed by atoms with Gasteiger partial charge in [-0.25, -0.2) is 4.79 Å². The van der Waals surface area contributed by atoms with Gasteiger partial charge in [0.25, 0.3) is 0 Å². The van der Waals surface area contributed by atoms with Crippen molar-refractivity contribution in [2.45, 2.75) is 97.8 Å². The van der Waals surface area contributed by atoms with E-state index in [9.17, 15) is 9.90 Å². The van der Waals surface area contributed by atoms with Gasteiger partial charge in [0.1, 0.15) is 0 Å². The van der Waals surface area contributed by atoms with Crippen LogP contribution < -0.4 is 0 Å². The van der Waals surface area contributed by atoms with Crippen molar-refractivity contribution in [3.8, 4) is 0 Å². The number of rotatable bonds is 17. The quantitative estimate of drug-likeness (QED) is 0.277. The van der Waals surface area contributed by atoms with Crippen LogP contribution in [0.25, 0.3) is 0 Å². The Bertz CT molecular complexity index is 273. The Balaban J connectivity index is 3.87. The molecule has 3 nitrogen and oxygen atoms in total. The molecular weight excluding hydrogens is 286 g/mol. The molecule has 0 fully saturated rings. The first-order valence-corrected chi connectivity index (χ1v) is 10.2. The summed E-state index contributed by atoms with van der Waals surface area (Å²) in [6.45, 7) is 9.98. The lowest BCUT2D eigenvalue weighted by Crippen LogP contribution is -2.52. The van der Waals surface area contributed by atoms with Crippen LogP contribution in [0.4, 0.5) is 0 Å². The van der Waals surface area contributed by atoms with E-state index in [4.69, 9.17) is 0 Å². The highest BCUT2D eigenvalue weighted by Gasteiger charge is 2.28. The molecule has 0 aliphatic heterocycles. The van der Waals surface area contributed by atoms with E-state index >= 15 is 0 Å². The number of carbonyl (C=O) groups is 1. The fourth-order valence-corrected chi connectivity index (χ4v) is 3.74. The number of hydrogen-bond acceptors (Lipinski definition) is 1. The number of carboxylic acid groups (broad SMARTS) is 1. The summed E-state index contributed by atoms with van der Waals surface area (Å²) in [7, 11) is 0. The van der Waals surface area contributed by atoms with Gasteiger partial charge in [-0.2, -0.15) is 0 Å². The van der Waals surface area contributed by atoms with Gasteiger partial charge in [-0.15, -0.1) is 0 Å². The van der Waals surface area contributed by atoms with Crippen LogP contribution in [0.1, 0.15) is 97.8 Å². The van der Waals surface area contributed by atoms with Gasteiger partial charge in [0.05, 0.1) is 19.6 Å². The molecule has 0 atom stereocenters. The minimum atomic E-state index is -0.640. The molecule has 0 aliphatic carbocycles. The van der Waals surface area contributed by atoms with E-state index in [2.05, 4.69) is 20.8 Å². The van der Waals surface area contributed by atoms with Crippen LogP contribution in [0, 0.1) is 0 Å². The summed E-state index contributed by atoms with van der Waals surface area (Å²) >= 11 is 0. The summed E-state index contributed by atoms with van der Waals surface area (Å²) in [5.41, 5.74) is 0. The Hall–Kier alpha value is -0.570. The Morgan fingerprint density at radius 3 is 1.48 bits per heavy atom. The normalized spacial score (nSPS) is 11.8. The predicted octanol–water partition coefficient (Wildman–Crippen LogP) is 5.63. The summed E-state index contributed by atoms with van der Waals surface area (Å²) in [6.07, 6.45) is 15.6. The number of carboxylic acids is 1. The van der Waals surface area contributed by atoms with Crippen LogP contribution in [0.3, 0.4) is 0 Å². The Labute approximate surface area is 145 Å². The second-order valence-electron chi connectivity index (χ2n) is 7.25. The van der Waals surface area contributed by atoms with Crippen LogP contribution >= 0.6 is 0 Å². The molecule has 0 saturated carbocycles. The zero-order chi connectivity index (χ0) is 17.4. The average molecular weight is 329 g/mol. The van der Waals surface area contributed by atoms with E-state index in [0.717, 1.165) is 37.0 Å². The van der Waals surface area contributed by atoms with E-state index < -0.39 is 5.97 Å². The van der Waals surface area contributed by atoms with E-state index in [1.165, 1.54) is 64.2 Å². The van der Waals surface area contributed by atoms with Gasteiger partial charge in [0.2, 0.25) is 0 Å². The molecule has 0 bridgehead atoms. The number of nitrogens with zero attached hydrogens (tertiary/aromatic N) is 1. The first-order chi connectivity index (χ1) is 11.1. The lowest BCUT2D eigenvalue weighted by atomic mass is 10.1. The van der Waals surface area contributed by atoms with Crippen molar-refractivity contribution in [1.29, 1.82) is 0 Å². The highest BCUT2D eigenvalue weighted by molar-refractivity contribution is 5.67. The standard InChI is InChI=1S/C20H41NO2/c1-4-7-8-9-10-11-12-13-14-15-18-21(16-5-2,17-6-3)19-20(22)23/h4-19H2,1-3H3/p+1. The van der Waals surface area contributed by atoms with Crippen LogP contribution in [0.5, 0.6) is 0 Å². The number of quaternary nitrogens is 1. The summed E-state index contributed by atoms with van der Waals surface area (Å²) in [5.74, 6) is -0.640. The maximum atomic E-state index is 11.2. The van der Waals surface area contributed by atoms with Gasteiger partial charge >= 0.3 is 5.97 Å². The van der Waals surface area contributed by atoms with Crippen molar-refractivity contribution in [3.05, 3.63) is 0 Å². The Morgan fingerprint density at radius 2 is 1.09 bits per heavy atom. The highest BCUT2D eigenvalue weighted by Crippen LogP contribution is 2.15. The minimum absolute atomic E-state index is 0.305. The largest absolute Gasteiger partial charge is 0.477 e. The monoisotopic (exact) mass is 328 g/mol. The van der Waals surface area contributed by atoms with Gasteiger partial charge in [0.15, 0.2) is 6.54 Å². The van der Waals surface area contributed by atoms with Crippen molar-refractivity contribution >= 4 is 5.97 Å². The smallest absolute Gasteiger partial charge is 0.359 e. The molecule has 0 amide bonds. The number of aliphatic carboxylic acids is 1. The molecule has 0 aliphatic rings. The van der Waals surface area contributed by atoms with E-state index in [-0.39, 0.29) is 0 Å². The van der Waals surface area contributed by atoms with Gasteiger partial charge in [0, 0.05) is 0 Å². The number of hydrogen-bond donors (Lipinski definition) is 1. The average Bonchev–Trinajstić information content (AvgIpc) is 2.49.